The van der Waals surface area contributed by atoms with Gasteiger partial charge >= 0.3 is 5.69 Å². The molecule has 0 spiro atoms. The predicted molar refractivity (Wildman–Crippen MR) is 158 cm³/mol. The maximum atomic E-state index is 14.0. The normalized spacial score (nSPS) is 12.5. The highest BCUT2D eigenvalue weighted by Gasteiger charge is 2.24. The number of carbonyl (C=O) groups is 1. The number of nitrogens with zero attached hydrogens (tertiary/aromatic N) is 5. The number of imidazole rings is 1. The van der Waals surface area contributed by atoms with Crippen LogP contribution in [0, 0.1) is 11.3 Å². The minimum atomic E-state index is -0.373. The summed E-state index contributed by atoms with van der Waals surface area (Å²) in [6, 6.07) is 14.1. The van der Waals surface area contributed by atoms with Gasteiger partial charge in [-0.2, -0.15) is 0 Å². The van der Waals surface area contributed by atoms with Crippen molar-refractivity contribution in [1.82, 2.24) is 14.0 Å². The Morgan fingerprint density at radius 3 is 2.39 bits per heavy atom. The molecule has 1 amide bonds. The number of nitrogens with one attached hydrogen (secondary N) is 1. The standard InChI is InChI=1S/C29H35ClN6O2/c1-7-20(2)19-32-28-27(21(3)31)35(23-15-13-22(30)14-16-23)29(38)36(28)25-11-8-10-24(18-25)34(6)26(37)12-9-17-33(4)5/h8-16,18-20,31H,7,17H2,1-6H3. The molecule has 0 saturated heterocycles. The molecule has 200 valence electrons. The van der Waals surface area contributed by atoms with Crippen LogP contribution in [0.15, 0.2) is 70.5 Å². The highest BCUT2D eigenvalue weighted by molar-refractivity contribution is 6.30. The van der Waals surface area contributed by atoms with Crippen molar-refractivity contribution in [2.24, 2.45) is 10.9 Å². The molecule has 0 saturated carbocycles. The molecule has 0 aliphatic heterocycles. The van der Waals surface area contributed by atoms with Gasteiger partial charge in [0.25, 0.3) is 0 Å². The van der Waals surface area contributed by atoms with Crippen LogP contribution < -0.4 is 10.6 Å². The zero-order chi connectivity index (χ0) is 28.0. The monoisotopic (exact) mass is 534 g/mol. The zero-order valence-corrected chi connectivity index (χ0v) is 23.5. The average Bonchev–Trinajstić information content (AvgIpc) is 3.19. The summed E-state index contributed by atoms with van der Waals surface area (Å²) >= 11 is 6.10. The Morgan fingerprint density at radius 1 is 1.11 bits per heavy atom. The van der Waals surface area contributed by atoms with Gasteiger partial charge in [0.2, 0.25) is 5.91 Å². The van der Waals surface area contributed by atoms with Crippen LogP contribution in [0.5, 0.6) is 0 Å². The fraction of sp³-hybridized carbons (Fsp3) is 0.310. The van der Waals surface area contributed by atoms with E-state index < -0.39 is 0 Å². The molecule has 1 atom stereocenters. The van der Waals surface area contributed by atoms with Gasteiger partial charge < -0.3 is 15.2 Å². The van der Waals surface area contributed by atoms with Gasteiger partial charge in [-0.3, -0.25) is 9.36 Å². The summed E-state index contributed by atoms with van der Waals surface area (Å²) in [5.41, 5.74) is 1.95. The molecular formula is C29H35ClN6O2. The van der Waals surface area contributed by atoms with Crippen molar-refractivity contribution in [1.29, 1.82) is 5.41 Å². The minimum absolute atomic E-state index is 0.180. The number of rotatable bonds is 10. The number of likely N-dealkylation sites (N-methyl/N-ethyl adjacent to an activating group) is 2. The number of benzene rings is 2. The number of amides is 1. The number of aromatic nitrogens is 2. The van der Waals surface area contributed by atoms with E-state index in [-0.39, 0.29) is 23.2 Å². The van der Waals surface area contributed by atoms with E-state index in [4.69, 9.17) is 22.0 Å². The molecule has 3 aromatic rings. The third kappa shape index (κ3) is 6.57. The van der Waals surface area contributed by atoms with Crippen molar-refractivity contribution in [3.8, 4) is 11.4 Å². The summed E-state index contributed by atoms with van der Waals surface area (Å²) in [5, 5.41) is 9.08. The van der Waals surface area contributed by atoms with Crippen LogP contribution in [0.3, 0.4) is 0 Å². The van der Waals surface area contributed by atoms with Crippen LogP contribution in [-0.2, 0) is 4.79 Å². The lowest BCUT2D eigenvalue weighted by Gasteiger charge is -2.17. The van der Waals surface area contributed by atoms with Crippen molar-refractivity contribution in [3.05, 3.63) is 81.9 Å². The topological polar surface area (TPSA) is 86.7 Å². The molecule has 1 unspecified atom stereocenters. The maximum absolute atomic E-state index is 14.0. The molecule has 0 aliphatic carbocycles. The maximum Gasteiger partial charge on any atom is 0.339 e. The predicted octanol–water partition coefficient (Wildman–Crippen LogP) is 5.50. The lowest BCUT2D eigenvalue weighted by Crippen LogP contribution is -2.26. The van der Waals surface area contributed by atoms with Gasteiger partial charge in [0.15, 0.2) is 5.82 Å². The third-order valence-corrected chi connectivity index (χ3v) is 6.35. The Balaban J connectivity index is 2.21. The second-order valence-electron chi connectivity index (χ2n) is 9.47. The van der Waals surface area contributed by atoms with E-state index in [0.717, 1.165) is 6.42 Å². The molecule has 9 heteroatoms. The number of anilines is 1. The van der Waals surface area contributed by atoms with Gasteiger partial charge in [0.1, 0.15) is 5.69 Å². The summed E-state index contributed by atoms with van der Waals surface area (Å²) in [6.07, 6.45) is 6.03. The van der Waals surface area contributed by atoms with Crippen molar-refractivity contribution in [2.45, 2.75) is 27.2 Å². The quantitative estimate of drug-likeness (QED) is 0.275. The van der Waals surface area contributed by atoms with Crippen LogP contribution in [0.2, 0.25) is 5.02 Å². The summed E-state index contributed by atoms with van der Waals surface area (Å²) in [6.45, 7) is 6.39. The number of halogens is 1. The Kier molecular flexibility index (Phi) is 9.61. The van der Waals surface area contributed by atoms with E-state index in [1.807, 2.05) is 32.0 Å². The van der Waals surface area contributed by atoms with Crippen molar-refractivity contribution < 1.29 is 4.79 Å². The Labute approximate surface area is 229 Å². The summed E-state index contributed by atoms with van der Waals surface area (Å²) < 4.78 is 2.97. The fourth-order valence-electron chi connectivity index (χ4n) is 3.76. The van der Waals surface area contributed by atoms with Crippen LogP contribution in [0.25, 0.3) is 11.4 Å². The molecule has 0 bridgehead atoms. The first-order valence-electron chi connectivity index (χ1n) is 12.5. The summed E-state index contributed by atoms with van der Waals surface area (Å²) in [4.78, 5) is 34.9. The molecular weight excluding hydrogens is 500 g/mol. The molecule has 8 nitrogen and oxygen atoms in total. The SMILES string of the molecule is CCC(C)C=Nc1c(C(C)=N)n(-c2ccc(Cl)cc2)c(=O)n1-c1cccc(N(C)C(=O)C=CCN(C)C)c1. The molecule has 0 fully saturated rings. The number of hydrogen-bond acceptors (Lipinski definition) is 5. The molecule has 1 heterocycles. The van der Waals surface area contributed by atoms with Crippen LogP contribution >= 0.6 is 11.6 Å². The van der Waals surface area contributed by atoms with Gasteiger partial charge in [-0.05, 0) is 75.8 Å². The van der Waals surface area contributed by atoms with Gasteiger partial charge in [-0.15, -0.1) is 0 Å². The van der Waals surface area contributed by atoms with E-state index in [0.29, 0.717) is 40.1 Å². The first-order valence-corrected chi connectivity index (χ1v) is 12.9. The molecule has 1 N–H and O–H groups in total. The number of aliphatic imine (C=N–C) groups is 1. The second-order valence-corrected chi connectivity index (χ2v) is 9.91. The lowest BCUT2D eigenvalue weighted by atomic mass is 10.1. The van der Waals surface area contributed by atoms with E-state index in [1.165, 1.54) is 20.1 Å². The molecule has 0 radical (unpaired) electrons. The van der Waals surface area contributed by atoms with Gasteiger partial charge in [0.05, 0.1) is 17.1 Å². The van der Waals surface area contributed by atoms with Gasteiger partial charge in [0, 0.05) is 36.6 Å². The van der Waals surface area contributed by atoms with Crippen molar-refractivity contribution in [2.75, 3.05) is 32.6 Å². The van der Waals surface area contributed by atoms with E-state index in [1.54, 1.807) is 68.7 Å². The third-order valence-electron chi connectivity index (χ3n) is 6.10. The summed E-state index contributed by atoms with van der Waals surface area (Å²) in [5.74, 6) is 0.358. The molecule has 0 aliphatic rings. The highest BCUT2D eigenvalue weighted by Crippen LogP contribution is 2.28. The minimum Gasteiger partial charge on any atom is -0.312 e. The lowest BCUT2D eigenvalue weighted by molar-refractivity contribution is -0.113. The average molecular weight is 535 g/mol. The fourth-order valence-corrected chi connectivity index (χ4v) is 3.88. The zero-order valence-electron chi connectivity index (χ0n) is 22.8. The van der Waals surface area contributed by atoms with E-state index in [2.05, 4.69) is 6.92 Å². The number of carbonyl (C=O) groups excluding carboxylic acids is 1. The van der Waals surface area contributed by atoms with E-state index in [9.17, 15) is 9.59 Å². The molecule has 3 rings (SSSR count). The van der Waals surface area contributed by atoms with Crippen molar-refractivity contribution >= 4 is 40.9 Å². The van der Waals surface area contributed by atoms with Crippen LogP contribution in [-0.4, -0.2) is 59.6 Å². The Morgan fingerprint density at radius 2 is 1.79 bits per heavy atom. The largest absolute Gasteiger partial charge is 0.339 e. The highest BCUT2D eigenvalue weighted by atomic mass is 35.5. The first kappa shape index (κ1) is 28.8. The summed E-state index contributed by atoms with van der Waals surface area (Å²) in [7, 11) is 5.56. The second kappa shape index (κ2) is 12.7. The molecule has 38 heavy (non-hydrogen) atoms. The Bertz CT molecular complexity index is 1420. The van der Waals surface area contributed by atoms with Gasteiger partial charge in [-0.1, -0.05) is 37.6 Å². The van der Waals surface area contributed by atoms with Crippen LogP contribution in [0.4, 0.5) is 11.5 Å². The molecule has 1 aromatic heterocycles. The van der Waals surface area contributed by atoms with Gasteiger partial charge in [-0.25, -0.2) is 14.4 Å². The number of hydrogen-bond donors (Lipinski definition) is 1. The molecule has 2 aromatic carbocycles. The smallest absolute Gasteiger partial charge is 0.312 e. The van der Waals surface area contributed by atoms with E-state index >= 15 is 0 Å². The Hall–Kier alpha value is -3.75. The van der Waals surface area contributed by atoms with Crippen LogP contribution in [0.1, 0.15) is 32.9 Å². The first-order chi connectivity index (χ1) is 18.0. The van der Waals surface area contributed by atoms with Crippen molar-refractivity contribution in [3.63, 3.8) is 0 Å².